The predicted octanol–water partition coefficient (Wildman–Crippen LogP) is 0.735. The van der Waals surface area contributed by atoms with Gasteiger partial charge in [-0.15, -0.1) is 11.3 Å². The molecule has 1 aromatic heterocycles. The van der Waals surface area contributed by atoms with Crippen molar-refractivity contribution in [3.63, 3.8) is 0 Å². The highest BCUT2D eigenvalue weighted by Crippen LogP contribution is 2.22. The van der Waals surface area contributed by atoms with E-state index in [0.717, 1.165) is 5.01 Å². The molecule has 0 bridgehead atoms. The Hall–Kier alpha value is -0.940. The summed E-state index contributed by atoms with van der Waals surface area (Å²) in [6.07, 6.45) is 2.06. The van der Waals surface area contributed by atoms with Gasteiger partial charge in [-0.2, -0.15) is 0 Å². The third kappa shape index (κ3) is 2.26. The molecule has 72 valence electrons. The Kier molecular flexibility index (Phi) is 3.00. The predicted molar refractivity (Wildman–Crippen MR) is 50.6 cm³/mol. The van der Waals surface area contributed by atoms with Crippen molar-refractivity contribution in [1.82, 2.24) is 4.98 Å². The molecule has 1 rings (SSSR count). The fourth-order valence-electron chi connectivity index (χ4n) is 0.909. The molecular weight excluding hydrogens is 188 g/mol. The monoisotopic (exact) mass is 200 g/mol. The van der Waals surface area contributed by atoms with Crippen molar-refractivity contribution in [2.45, 2.75) is 13.3 Å². The van der Waals surface area contributed by atoms with Crippen LogP contribution in [0.2, 0.25) is 0 Å². The van der Waals surface area contributed by atoms with Crippen molar-refractivity contribution >= 4 is 17.3 Å². The lowest BCUT2D eigenvalue weighted by Gasteiger charge is -2.20. The van der Waals surface area contributed by atoms with Crippen LogP contribution in [0.15, 0.2) is 11.6 Å². The second kappa shape index (κ2) is 3.85. The van der Waals surface area contributed by atoms with Gasteiger partial charge in [-0.05, 0) is 6.92 Å². The zero-order valence-electron chi connectivity index (χ0n) is 7.36. The Bertz CT molecular complexity index is 286. The minimum absolute atomic E-state index is 0.127. The third-order valence-corrected chi connectivity index (χ3v) is 2.77. The van der Waals surface area contributed by atoms with Crippen LogP contribution in [0.1, 0.15) is 11.9 Å². The molecule has 0 saturated carbocycles. The van der Waals surface area contributed by atoms with Gasteiger partial charge in [0.05, 0.1) is 10.4 Å². The maximum absolute atomic E-state index is 10.9. The molecule has 0 fully saturated rings. The minimum atomic E-state index is -0.891. The first kappa shape index (κ1) is 10.1. The summed E-state index contributed by atoms with van der Waals surface area (Å²) in [5.74, 6) is -0.870. The zero-order valence-corrected chi connectivity index (χ0v) is 8.17. The standard InChI is InChI=1S/C8H12N2O2S/c1-8(5-9,7(11)12)4-6-10-2-3-13-6/h2-3H,4-5,9H2,1H3,(H,11,12). The Morgan fingerprint density at radius 3 is 2.92 bits per heavy atom. The Morgan fingerprint density at radius 2 is 2.54 bits per heavy atom. The first-order valence-corrected chi connectivity index (χ1v) is 4.78. The van der Waals surface area contributed by atoms with E-state index in [9.17, 15) is 4.79 Å². The van der Waals surface area contributed by atoms with E-state index >= 15 is 0 Å². The van der Waals surface area contributed by atoms with Gasteiger partial charge in [0, 0.05) is 24.5 Å². The average molecular weight is 200 g/mol. The molecule has 0 aromatic carbocycles. The smallest absolute Gasteiger partial charge is 0.311 e. The van der Waals surface area contributed by atoms with Gasteiger partial charge in [0.2, 0.25) is 0 Å². The molecule has 0 amide bonds. The van der Waals surface area contributed by atoms with E-state index in [-0.39, 0.29) is 6.54 Å². The van der Waals surface area contributed by atoms with E-state index in [4.69, 9.17) is 10.8 Å². The van der Waals surface area contributed by atoms with Gasteiger partial charge in [0.1, 0.15) is 0 Å². The van der Waals surface area contributed by atoms with Gasteiger partial charge in [-0.25, -0.2) is 4.98 Å². The van der Waals surface area contributed by atoms with Crippen molar-refractivity contribution in [3.05, 3.63) is 16.6 Å². The lowest BCUT2D eigenvalue weighted by molar-refractivity contribution is -0.147. The number of carbonyl (C=O) groups is 1. The number of thiazole rings is 1. The molecule has 4 nitrogen and oxygen atoms in total. The number of carboxylic acids is 1. The highest BCUT2D eigenvalue weighted by Gasteiger charge is 2.32. The van der Waals surface area contributed by atoms with E-state index in [1.54, 1.807) is 13.1 Å². The van der Waals surface area contributed by atoms with Crippen molar-refractivity contribution in [2.75, 3.05) is 6.54 Å². The van der Waals surface area contributed by atoms with Crippen molar-refractivity contribution in [2.24, 2.45) is 11.1 Å². The largest absolute Gasteiger partial charge is 0.481 e. The Morgan fingerprint density at radius 1 is 1.85 bits per heavy atom. The quantitative estimate of drug-likeness (QED) is 0.751. The summed E-state index contributed by atoms with van der Waals surface area (Å²) < 4.78 is 0. The first-order chi connectivity index (χ1) is 6.08. The summed E-state index contributed by atoms with van der Waals surface area (Å²) in [6, 6.07) is 0. The lowest BCUT2D eigenvalue weighted by atomic mass is 9.87. The number of aliphatic carboxylic acids is 1. The highest BCUT2D eigenvalue weighted by atomic mass is 32.1. The SMILES string of the molecule is CC(CN)(Cc1nccs1)C(=O)O. The van der Waals surface area contributed by atoms with Crippen molar-refractivity contribution in [3.8, 4) is 0 Å². The number of hydrogen-bond acceptors (Lipinski definition) is 4. The minimum Gasteiger partial charge on any atom is -0.481 e. The van der Waals surface area contributed by atoms with Crippen LogP contribution in [-0.2, 0) is 11.2 Å². The molecule has 0 radical (unpaired) electrons. The van der Waals surface area contributed by atoms with Crippen LogP contribution in [0.3, 0.4) is 0 Å². The summed E-state index contributed by atoms with van der Waals surface area (Å²) in [7, 11) is 0. The normalized spacial score (nSPS) is 15.2. The summed E-state index contributed by atoms with van der Waals surface area (Å²) in [4.78, 5) is 14.9. The molecule has 1 unspecified atom stereocenters. The molecule has 5 heteroatoms. The number of carboxylic acid groups (broad SMARTS) is 1. The summed E-state index contributed by atoms with van der Waals surface area (Å²) >= 11 is 1.45. The van der Waals surface area contributed by atoms with Crippen LogP contribution in [0.25, 0.3) is 0 Å². The number of aromatic nitrogens is 1. The topological polar surface area (TPSA) is 76.2 Å². The Balaban J connectivity index is 2.75. The molecule has 1 heterocycles. The average Bonchev–Trinajstić information content (AvgIpc) is 2.56. The van der Waals surface area contributed by atoms with Gasteiger partial charge in [-0.1, -0.05) is 0 Å². The van der Waals surface area contributed by atoms with E-state index < -0.39 is 11.4 Å². The fourth-order valence-corrected chi connectivity index (χ4v) is 1.71. The van der Waals surface area contributed by atoms with Crippen molar-refractivity contribution < 1.29 is 9.90 Å². The second-order valence-electron chi connectivity index (χ2n) is 3.17. The van der Waals surface area contributed by atoms with Crippen molar-refractivity contribution in [1.29, 1.82) is 0 Å². The number of nitrogens with two attached hydrogens (primary N) is 1. The zero-order chi connectivity index (χ0) is 9.90. The maximum atomic E-state index is 10.9. The van der Waals surface area contributed by atoms with Crippen LogP contribution in [0.4, 0.5) is 0 Å². The molecule has 1 aromatic rings. The number of nitrogens with zero attached hydrogens (tertiary/aromatic N) is 1. The van der Waals surface area contributed by atoms with Gasteiger partial charge in [0.15, 0.2) is 0 Å². The molecule has 0 aliphatic rings. The lowest BCUT2D eigenvalue weighted by Crippen LogP contribution is -2.37. The second-order valence-corrected chi connectivity index (χ2v) is 4.15. The van der Waals surface area contributed by atoms with Gasteiger partial charge >= 0.3 is 5.97 Å². The van der Waals surface area contributed by atoms with E-state index in [0.29, 0.717) is 6.42 Å². The van der Waals surface area contributed by atoms with Crippen LogP contribution in [0.5, 0.6) is 0 Å². The molecular formula is C8H12N2O2S. The maximum Gasteiger partial charge on any atom is 0.311 e. The number of rotatable bonds is 4. The van der Waals surface area contributed by atoms with Crippen LogP contribution in [0, 0.1) is 5.41 Å². The molecule has 0 saturated heterocycles. The fraction of sp³-hybridized carbons (Fsp3) is 0.500. The number of hydrogen-bond donors (Lipinski definition) is 2. The molecule has 0 aliphatic carbocycles. The van der Waals surface area contributed by atoms with Crippen LogP contribution < -0.4 is 5.73 Å². The summed E-state index contributed by atoms with van der Waals surface area (Å²) in [6.45, 7) is 1.76. The molecule has 0 spiro atoms. The van der Waals surface area contributed by atoms with Crippen LogP contribution in [-0.4, -0.2) is 22.6 Å². The van der Waals surface area contributed by atoms with E-state index in [1.807, 2.05) is 5.38 Å². The molecule has 0 aliphatic heterocycles. The molecule has 3 N–H and O–H groups in total. The highest BCUT2D eigenvalue weighted by molar-refractivity contribution is 7.09. The summed E-state index contributed by atoms with van der Waals surface area (Å²) in [5.41, 5.74) is 4.53. The van der Waals surface area contributed by atoms with Crippen LogP contribution >= 0.6 is 11.3 Å². The molecule has 1 atom stereocenters. The van der Waals surface area contributed by atoms with Gasteiger partial charge in [-0.3, -0.25) is 4.79 Å². The molecule has 13 heavy (non-hydrogen) atoms. The van der Waals surface area contributed by atoms with Gasteiger partial charge < -0.3 is 10.8 Å². The first-order valence-electron chi connectivity index (χ1n) is 3.90. The summed E-state index contributed by atoms with van der Waals surface area (Å²) in [5, 5.41) is 11.6. The van der Waals surface area contributed by atoms with E-state index in [1.165, 1.54) is 11.3 Å². The van der Waals surface area contributed by atoms with E-state index in [2.05, 4.69) is 4.98 Å². The third-order valence-electron chi connectivity index (χ3n) is 1.99. The Labute approximate surface area is 80.4 Å². The van der Waals surface area contributed by atoms with Gasteiger partial charge in [0.25, 0.3) is 0 Å².